The zero-order valence-corrected chi connectivity index (χ0v) is 13.7. The number of fused-ring (bicyclic) bond motifs is 2. The Bertz CT molecular complexity index is 746. The highest BCUT2D eigenvalue weighted by molar-refractivity contribution is 5.70. The van der Waals surface area contributed by atoms with Crippen LogP contribution in [0.3, 0.4) is 0 Å². The number of ether oxygens (including phenoxy) is 2. The quantitative estimate of drug-likeness (QED) is 0.780. The summed E-state index contributed by atoms with van der Waals surface area (Å²) < 4.78 is 11.0. The molecular weight excluding hydrogens is 284 g/mol. The van der Waals surface area contributed by atoms with Gasteiger partial charge < -0.3 is 9.47 Å². The van der Waals surface area contributed by atoms with E-state index in [2.05, 4.69) is 48.5 Å². The van der Waals surface area contributed by atoms with Crippen LogP contribution < -0.4 is 9.47 Å². The van der Waals surface area contributed by atoms with Crippen molar-refractivity contribution in [3.63, 3.8) is 0 Å². The van der Waals surface area contributed by atoms with Gasteiger partial charge in [0.1, 0.15) is 0 Å². The van der Waals surface area contributed by atoms with Crippen molar-refractivity contribution in [2.45, 2.75) is 31.1 Å². The minimum atomic E-state index is 0.485. The van der Waals surface area contributed by atoms with E-state index in [-0.39, 0.29) is 0 Å². The van der Waals surface area contributed by atoms with Crippen LogP contribution in [0.15, 0.2) is 48.5 Å². The smallest absolute Gasteiger partial charge is 0.161 e. The van der Waals surface area contributed by atoms with E-state index < -0.39 is 0 Å². The molecule has 0 spiro atoms. The maximum Gasteiger partial charge on any atom is 0.161 e. The maximum absolute atomic E-state index is 5.52. The summed E-state index contributed by atoms with van der Waals surface area (Å²) in [6, 6.07) is 15.2. The summed E-state index contributed by atoms with van der Waals surface area (Å²) in [7, 11) is 3.43. The van der Waals surface area contributed by atoms with Crippen LogP contribution in [-0.4, -0.2) is 14.2 Å². The fourth-order valence-corrected chi connectivity index (χ4v) is 4.10. The monoisotopic (exact) mass is 306 g/mol. The third-order valence-electron chi connectivity index (χ3n) is 5.27. The lowest BCUT2D eigenvalue weighted by Gasteiger charge is -2.28. The number of hydrogen-bond donors (Lipinski definition) is 0. The standard InChI is InChI=1S/C21H22O2/c1-22-20-12-18-15-8-9-16(19(18)13-21(20)23-2)11-17(10-15)14-6-4-3-5-7-14/h3-7,10,12-13,15-16H,8-9,11H2,1-2H3. The van der Waals surface area contributed by atoms with E-state index in [9.17, 15) is 0 Å². The highest BCUT2D eigenvalue weighted by Gasteiger charge is 2.32. The van der Waals surface area contributed by atoms with Crippen molar-refractivity contribution in [2.24, 2.45) is 0 Å². The van der Waals surface area contributed by atoms with Gasteiger partial charge in [0, 0.05) is 5.92 Å². The zero-order chi connectivity index (χ0) is 15.8. The average molecular weight is 306 g/mol. The van der Waals surface area contributed by atoms with Gasteiger partial charge in [0.25, 0.3) is 0 Å². The molecule has 0 saturated heterocycles. The number of allylic oxidation sites excluding steroid dienone is 2. The molecular formula is C21H22O2. The minimum absolute atomic E-state index is 0.485. The Labute approximate surface area is 137 Å². The van der Waals surface area contributed by atoms with E-state index in [0.29, 0.717) is 11.8 Å². The molecule has 0 aromatic heterocycles. The van der Waals surface area contributed by atoms with E-state index >= 15 is 0 Å². The van der Waals surface area contributed by atoms with Crippen molar-refractivity contribution < 1.29 is 9.47 Å². The zero-order valence-electron chi connectivity index (χ0n) is 13.7. The van der Waals surface area contributed by atoms with Crippen LogP contribution in [0.2, 0.25) is 0 Å². The topological polar surface area (TPSA) is 18.5 Å². The van der Waals surface area contributed by atoms with Gasteiger partial charge in [0.05, 0.1) is 14.2 Å². The first-order chi connectivity index (χ1) is 11.3. The van der Waals surface area contributed by atoms with Crippen LogP contribution in [0.1, 0.15) is 47.8 Å². The Morgan fingerprint density at radius 2 is 1.57 bits per heavy atom. The largest absolute Gasteiger partial charge is 0.493 e. The molecule has 0 saturated carbocycles. The van der Waals surface area contributed by atoms with Gasteiger partial charge in [-0.2, -0.15) is 0 Å². The third kappa shape index (κ3) is 2.42. The number of methoxy groups -OCH3 is 2. The van der Waals surface area contributed by atoms with Crippen molar-refractivity contribution >= 4 is 5.57 Å². The maximum atomic E-state index is 5.52. The fourth-order valence-electron chi connectivity index (χ4n) is 4.10. The van der Waals surface area contributed by atoms with Crippen molar-refractivity contribution in [3.8, 4) is 11.5 Å². The third-order valence-corrected chi connectivity index (χ3v) is 5.27. The first kappa shape index (κ1) is 14.4. The molecule has 3 aliphatic rings. The van der Waals surface area contributed by atoms with Gasteiger partial charge in [0.2, 0.25) is 0 Å². The first-order valence-electron chi connectivity index (χ1n) is 8.32. The van der Waals surface area contributed by atoms with E-state index in [4.69, 9.17) is 9.47 Å². The van der Waals surface area contributed by atoms with Gasteiger partial charge in [-0.25, -0.2) is 0 Å². The molecule has 0 aliphatic heterocycles. The predicted molar refractivity (Wildman–Crippen MR) is 93.3 cm³/mol. The van der Waals surface area contributed by atoms with E-state index in [1.165, 1.54) is 35.1 Å². The lowest BCUT2D eigenvalue weighted by Crippen LogP contribution is -2.11. The molecule has 2 atom stereocenters. The fraction of sp³-hybridized carbons (Fsp3) is 0.333. The van der Waals surface area contributed by atoms with Crippen molar-refractivity contribution in [1.82, 2.24) is 0 Å². The molecule has 3 aliphatic carbocycles. The Balaban J connectivity index is 1.80. The molecule has 5 rings (SSSR count). The van der Waals surface area contributed by atoms with Gasteiger partial charge in [-0.05, 0) is 59.6 Å². The Hall–Kier alpha value is -2.22. The molecule has 0 heterocycles. The van der Waals surface area contributed by atoms with Gasteiger partial charge in [-0.3, -0.25) is 0 Å². The molecule has 2 heteroatoms. The molecule has 2 bridgehead atoms. The van der Waals surface area contributed by atoms with Crippen LogP contribution in [0.4, 0.5) is 0 Å². The summed E-state index contributed by atoms with van der Waals surface area (Å²) in [6.07, 6.45) is 6.07. The Kier molecular flexibility index (Phi) is 3.60. The van der Waals surface area contributed by atoms with Crippen LogP contribution in [0.5, 0.6) is 11.5 Å². The van der Waals surface area contributed by atoms with Crippen LogP contribution >= 0.6 is 0 Å². The summed E-state index contributed by atoms with van der Waals surface area (Å²) >= 11 is 0. The second-order valence-corrected chi connectivity index (χ2v) is 6.48. The molecule has 2 nitrogen and oxygen atoms in total. The molecule has 2 aromatic carbocycles. The molecule has 0 fully saturated rings. The van der Waals surface area contributed by atoms with Gasteiger partial charge >= 0.3 is 0 Å². The van der Waals surface area contributed by atoms with Crippen molar-refractivity contribution in [1.29, 1.82) is 0 Å². The summed E-state index contributed by atoms with van der Waals surface area (Å²) in [6.45, 7) is 0. The summed E-state index contributed by atoms with van der Waals surface area (Å²) in [5.41, 5.74) is 5.70. The van der Waals surface area contributed by atoms with Crippen molar-refractivity contribution in [3.05, 3.63) is 65.2 Å². The normalized spacial score (nSPS) is 22.1. The van der Waals surface area contributed by atoms with E-state index in [0.717, 1.165) is 17.9 Å². The molecule has 0 amide bonds. The lowest BCUT2D eigenvalue weighted by atomic mass is 9.77. The van der Waals surface area contributed by atoms with Crippen LogP contribution in [0.25, 0.3) is 5.57 Å². The lowest BCUT2D eigenvalue weighted by molar-refractivity contribution is 0.352. The molecule has 23 heavy (non-hydrogen) atoms. The van der Waals surface area contributed by atoms with E-state index in [1.807, 2.05) is 0 Å². The van der Waals surface area contributed by atoms with Gasteiger partial charge in [-0.1, -0.05) is 36.4 Å². The number of rotatable bonds is 3. The van der Waals surface area contributed by atoms with Crippen LogP contribution in [0, 0.1) is 0 Å². The minimum Gasteiger partial charge on any atom is -0.493 e. The second kappa shape index (κ2) is 5.77. The predicted octanol–water partition coefficient (Wildman–Crippen LogP) is 5.15. The van der Waals surface area contributed by atoms with Gasteiger partial charge in [-0.15, -0.1) is 0 Å². The Morgan fingerprint density at radius 1 is 0.870 bits per heavy atom. The summed E-state index contributed by atoms with van der Waals surface area (Å²) in [5.74, 6) is 2.75. The van der Waals surface area contributed by atoms with Crippen molar-refractivity contribution in [2.75, 3.05) is 14.2 Å². The SMILES string of the molecule is COc1cc2c(cc1OC)C1CCC2C=C(c2ccccc2)C1. The summed E-state index contributed by atoms with van der Waals surface area (Å²) in [4.78, 5) is 0. The highest BCUT2D eigenvalue weighted by atomic mass is 16.5. The first-order valence-corrected chi connectivity index (χ1v) is 8.32. The van der Waals surface area contributed by atoms with E-state index in [1.54, 1.807) is 14.2 Å². The molecule has 2 aromatic rings. The number of benzene rings is 2. The molecule has 0 radical (unpaired) electrons. The molecule has 0 N–H and O–H groups in total. The number of hydrogen-bond acceptors (Lipinski definition) is 2. The highest BCUT2D eigenvalue weighted by Crippen LogP contribution is 2.50. The Morgan fingerprint density at radius 3 is 2.26 bits per heavy atom. The second-order valence-electron chi connectivity index (χ2n) is 6.48. The molecule has 2 unspecified atom stereocenters. The summed E-state index contributed by atoms with van der Waals surface area (Å²) in [5, 5.41) is 0. The molecule has 118 valence electrons. The van der Waals surface area contributed by atoms with Crippen LogP contribution in [-0.2, 0) is 0 Å². The average Bonchev–Trinajstić information content (AvgIpc) is 2.92. The van der Waals surface area contributed by atoms with Gasteiger partial charge in [0.15, 0.2) is 11.5 Å².